The Balaban J connectivity index is 0.00000242. The summed E-state index contributed by atoms with van der Waals surface area (Å²) in [6.45, 7) is 3.73. The van der Waals surface area contributed by atoms with E-state index < -0.39 is 0 Å². The molecule has 1 heterocycles. The first-order valence-electron chi connectivity index (χ1n) is 7.40. The number of ketones is 1. The Morgan fingerprint density at radius 1 is 1.32 bits per heavy atom. The van der Waals surface area contributed by atoms with E-state index in [1.807, 2.05) is 13.1 Å². The van der Waals surface area contributed by atoms with Crippen molar-refractivity contribution in [2.75, 3.05) is 32.0 Å². The van der Waals surface area contributed by atoms with Crippen molar-refractivity contribution in [3.05, 3.63) is 29.8 Å². The molecule has 0 radical (unpaired) electrons. The molecule has 1 aliphatic heterocycles. The lowest BCUT2D eigenvalue weighted by Gasteiger charge is -2.23. The molecule has 122 valence electrons. The highest BCUT2D eigenvalue weighted by Crippen LogP contribution is 2.18. The van der Waals surface area contributed by atoms with Gasteiger partial charge in [0.2, 0.25) is 5.91 Å². The molecule has 2 rings (SSSR count). The molecule has 1 unspecified atom stereocenters. The van der Waals surface area contributed by atoms with E-state index in [9.17, 15) is 9.59 Å². The number of Topliss-reactive ketones (excluding diaryl/α,β-unsaturated/α-hetero) is 1. The number of amides is 1. The van der Waals surface area contributed by atoms with Gasteiger partial charge in [-0.2, -0.15) is 0 Å². The predicted molar refractivity (Wildman–Crippen MR) is 90.8 cm³/mol. The molecular weight excluding hydrogens is 302 g/mol. The van der Waals surface area contributed by atoms with Crippen LogP contribution < -0.4 is 10.6 Å². The summed E-state index contributed by atoms with van der Waals surface area (Å²) in [7, 11) is 1.93. The summed E-state index contributed by atoms with van der Waals surface area (Å²) in [6, 6.07) is 7.54. The highest BCUT2D eigenvalue weighted by atomic mass is 35.5. The van der Waals surface area contributed by atoms with E-state index in [4.69, 9.17) is 0 Å². The van der Waals surface area contributed by atoms with Crippen LogP contribution in [-0.4, -0.2) is 49.3 Å². The topological polar surface area (TPSA) is 61.4 Å². The number of carbonyl (C=O) groups is 2. The van der Waals surface area contributed by atoms with Crippen molar-refractivity contribution in [2.24, 2.45) is 0 Å². The van der Waals surface area contributed by atoms with Crippen LogP contribution in [0.4, 0.5) is 5.69 Å². The van der Waals surface area contributed by atoms with E-state index in [0.29, 0.717) is 23.8 Å². The van der Waals surface area contributed by atoms with Gasteiger partial charge in [-0.15, -0.1) is 12.4 Å². The Morgan fingerprint density at radius 2 is 2.05 bits per heavy atom. The molecule has 1 atom stereocenters. The molecule has 0 aliphatic carbocycles. The summed E-state index contributed by atoms with van der Waals surface area (Å²) in [5.41, 5.74) is 1.15. The average Bonchev–Trinajstić information content (AvgIpc) is 2.86. The van der Waals surface area contributed by atoms with Crippen LogP contribution in [0.15, 0.2) is 24.3 Å². The van der Waals surface area contributed by atoms with Crippen molar-refractivity contribution in [2.45, 2.75) is 25.8 Å². The van der Waals surface area contributed by atoms with Crippen molar-refractivity contribution < 1.29 is 9.59 Å². The van der Waals surface area contributed by atoms with Crippen molar-refractivity contribution in [3.8, 4) is 0 Å². The molecule has 1 saturated heterocycles. The molecule has 2 N–H and O–H groups in total. The lowest BCUT2D eigenvalue weighted by Crippen LogP contribution is -2.41. The molecule has 22 heavy (non-hydrogen) atoms. The SMILES string of the molecule is CNCC1CCCN1CC(=O)Nc1ccccc1C(C)=O.Cl. The van der Waals surface area contributed by atoms with Gasteiger partial charge in [-0.1, -0.05) is 12.1 Å². The summed E-state index contributed by atoms with van der Waals surface area (Å²) >= 11 is 0. The van der Waals surface area contributed by atoms with Crippen LogP contribution in [-0.2, 0) is 4.79 Å². The number of halogens is 1. The van der Waals surface area contributed by atoms with E-state index >= 15 is 0 Å². The van der Waals surface area contributed by atoms with Crippen molar-refractivity contribution in [1.82, 2.24) is 10.2 Å². The molecule has 5 nitrogen and oxygen atoms in total. The molecule has 0 spiro atoms. The fourth-order valence-corrected chi connectivity index (χ4v) is 2.84. The average molecular weight is 326 g/mol. The standard InChI is InChI=1S/C16H23N3O2.ClH/c1-12(20)14-7-3-4-8-15(14)18-16(21)11-19-9-5-6-13(19)10-17-2;/h3-4,7-8,13,17H,5-6,9-11H2,1-2H3,(H,18,21);1H. The number of benzene rings is 1. The third kappa shape index (κ3) is 4.80. The summed E-state index contributed by atoms with van der Waals surface area (Å²) < 4.78 is 0. The van der Waals surface area contributed by atoms with Gasteiger partial charge in [0.1, 0.15) is 0 Å². The van der Waals surface area contributed by atoms with E-state index in [1.54, 1.807) is 18.2 Å². The molecule has 0 aromatic heterocycles. The maximum Gasteiger partial charge on any atom is 0.238 e. The van der Waals surface area contributed by atoms with E-state index in [1.165, 1.54) is 6.92 Å². The number of nitrogens with one attached hydrogen (secondary N) is 2. The number of nitrogens with zero attached hydrogens (tertiary/aromatic N) is 1. The Kier molecular flexibility index (Phi) is 7.51. The van der Waals surface area contributed by atoms with E-state index in [-0.39, 0.29) is 24.1 Å². The number of hydrogen-bond donors (Lipinski definition) is 2. The van der Waals surface area contributed by atoms with Gasteiger partial charge in [-0.25, -0.2) is 0 Å². The van der Waals surface area contributed by atoms with Crippen molar-refractivity contribution >= 4 is 29.8 Å². The van der Waals surface area contributed by atoms with Gasteiger partial charge in [-0.3, -0.25) is 14.5 Å². The quantitative estimate of drug-likeness (QED) is 0.785. The minimum Gasteiger partial charge on any atom is -0.324 e. The molecule has 6 heteroatoms. The molecule has 1 fully saturated rings. The number of para-hydroxylation sites is 1. The number of likely N-dealkylation sites (N-methyl/N-ethyl adjacent to an activating group) is 1. The van der Waals surface area contributed by atoms with Crippen molar-refractivity contribution in [3.63, 3.8) is 0 Å². The third-order valence-electron chi connectivity index (χ3n) is 3.87. The summed E-state index contributed by atoms with van der Waals surface area (Å²) in [6.07, 6.45) is 2.25. The zero-order chi connectivity index (χ0) is 15.2. The van der Waals surface area contributed by atoms with Crippen LogP contribution in [0.5, 0.6) is 0 Å². The lowest BCUT2D eigenvalue weighted by atomic mass is 10.1. The van der Waals surface area contributed by atoms with Gasteiger partial charge in [0.05, 0.1) is 12.2 Å². The van der Waals surface area contributed by atoms with Crippen LogP contribution >= 0.6 is 12.4 Å². The van der Waals surface area contributed by atoms with Crippen molar-refractivity contribution in [1.29, 1.82) is 0 Å². The van der Waals surface area contributed by atoms with Crippen LogP contribution in [0.25, 0.3) is 0 Å². The van der Waals surface area contributed by atoms with Crippen LogP contribution in [0.1, 0.15) is 30.1 Å². The smallest absolute Gasteiger partial charge is 0.238 e. The minimum absolute atomic E-state index is 0. The zero-order valence-electron chi connectivity index (χ0n) is 13.1. The second-order valence-corrected chi connectivity index (χ2v) is 5.47. The normalized spacial score (nSPS) is 17.8. The van der Waals surface area contributed by atoms with Gasteiger partial charge in [0.15, 0.2) is 5.78 Å². The maximum atomic E-state index is 12.2. The predicted octanol–water partition coefficient (Wildman–Crippen LogP) is 1.93. The lowest BCUT2D eigenvalue weighted by molar-refractivity contribution is -0.117. The van der Waals surface area contributed by atoms with Crippen LogP contribution in [0.3, 0.4) is 0 Å². The molecule has 1 aromatic rings. The summed E-state index contributed by atoms with van der Waals surface area (Å²) in [5.74, 6) is -0.105. The first-order valence-corrected chi connectivity index (χ1v) is 7.40. The highest BCUT2D eigenvalue weighted by molar-refractivity contribution is 6.04. The van der Waals surface area contributed by atoms with Gasteiger partial charge in [0.25, 0.3) is 0 Å². The summed E-state index contributed by atoms with van der Waals surface area (Å²) in [5, 5.41) is 6.03. The highest BCUT2D eigenvalue weighted by Gasteiger charge is 2.25. The van der Waals surface area contributed by atoms with Gasteiger partial charge < -0.3 is 10.6 Å². The Hall–Kier alpha value is -1.43. The number of hydrogen-bond acceptors (Lipinski definition) is 4. The largest absolute Gasteiger partial charge is 0.324 e. The summed E-state index contributed by atoms with van der Waals surface area (Å²) in [4.78, 5) is 26.0. The van der Waals surface area contributed by atoms with E-state index in [0.717, 1.165) is 25.9 Å². The van der Waals surface area contributed by atoms with E-state index in [2.05, 4.69) is 15.5 Å². The minimum atomic E-state index is -0.0632. The van der Waals surface area contributed by atoms with Gasteiger partial charge in [-0.05, 0) is 45.5 Å². The molecular formula is C16H24ClN3O2. The number of carbonyl (C=O) groups excluding carboxylic acids is 2. The Bertz CT molecular complexity index is 522. The first kappa shape index (κ1) is 18.6. The van der Waals surface area contributed by atoms with Crippen LogP contribution in [0.2, 0.25) is 0 Å². The molecule has 1 aliphatic rings. The Labute approximate surface area is 137 Å². The molecule has 0 bridgehead atoms. The third-order valence-corrected chi connectivity index (χ3v) is 3.87. The molecule has 1 aromatic carbocycles. The monoisotopic (exact) mass is 325 g/mol. The van der Waals surface area contributed by atoms with Gasteiger partial charge >= 0.3 is 0 Å². The fourth-order valence-electron chi connectivity index (χ4n) is 2.84. The molecule has 1 amide bonds. The Morgan fingerprint density at radius 3 is 2.73 bits per heavy atom. The second kappa shape index (κ2) is 8.88. The second-order valence-electron chi connectivity index (χ2n) is 5.47. The number of anilines is 1. The first-order chi connectivity index (χ1) is 10.1. The maximum absolute atomic E-state index is 12.2. The fraction of sp³-hybridized carbons (Fsp3) is 0.500. The molecule has 0 saturated carbocycles. The van der Waals surface area contributed by atoms with Crippen LogP contribution in [0, 0.1) is 0 Å². The van der Waals surface area contributed by atoms with Gasteiger partial charge in [0, 0.05) is 18.2 Å². The zero-order valence-corrected chi connectivity index (χ0v) is 13.9. The number of likely N-dealkylation sites (tertiary alicyclic amines) is 1. The number of rotatable bonds is 6.